The number of tetrazole rings is 1. The largest absolute Gasteiger partial charge is 0.366 e. The monoisotopic (exact) mass is 390 g/mol. The Kier molecular flexibility index (Phi) is 5.15. The molecule has 0 radical (unpaired) electrons. The molecule has 0 aliphatic rings. The van der Waals surface area contributed by atoms with Gasteiger partial charge in [0.1, 0.15) is 6.54 Å². The Hall–Kier alpha value is -2.97. The lowest BCUT2D eigenvalue weighted by Crippen LogP contribution is -2.20. The van der Waals surface area contributed by atoms with Gasteiger partial charge < -0.3 is 11.1 Å². The maximum absolute atomic E-state index is 12.1. The number of halogens is 2. The van der Waals surface area contributed by atoms with Crippen molar-refractivity contribution in [2.24, 2.45) is 5.73 Å². The Morgan fingerprint density at radius 3 is 2.54 bits per heavy atom. The molecule has 0 saturated heterocycles. The molecule has 0 bridgehead atoms. The summed E-state index contributed by atoms with van der Waals surface area (Å²) in [6.07, 6.45) is 0. The first-order chi connectivity index (χ1) is 12.4. The second kappa shape index (κ2) is 7.51. The lowest BCUT2D eigenvalue weighted by atomic mass is 10.1. The fraction of sp³-hybridized carbons (Fsp3) is 0.0625. The van der Waals surface area contributed by atoms with Crippen LogP contribution >= 0.6 is 23.2 Å². The fourth-order valence-corrected chi connectivity index (χ4v) is 2.46. The van der Waals surface area contributed by atoms with Gasteiger partial charge in [0.05, 0.1) is 10.7 Å². The summed E-state index contributed by atoms with van der Waals surface area (Å²) in [5.41, 5.74) is 6.60. The maximum atomic E-state index is 12.1. The normalized spacial score (nSPS) is 10.5. The summed E-state index contributed by atoms with van der Waals surface area (Å²) in [7, 11) is 0. The van der Waals surface area contributed by atoms with Crippen LogP contribution in [0, 0.1) is 0 Å². The number of nitrogens with one attached hydrogen (secondary N) is 1. The van der Waals surface area contributed by atoms with Gasteiger partial charge in [-0.3, -0.25) is 9.59 Å². The average molecular weight is 391 g/mol. The smallest absolute Gasteiger partial charge is 0.248 e. The number of amides is 2. The number of benzene rings is 2. The lowest BCUT2D eigenvalue weighted by Gasteiger charge is -2.06. The van der Waals surface area contributed by atoms with E-state index in [9.17, 15) is 9.59 Å². The van der Waals surface area contributed by atoms with Crippen molar-refractivity contribution in [3.8, 4) is 11.4 Å². The molecule has 1 aromatic heterocycles. The molecule has 3 aromatic rings. The highest BCUT2D eigenvalue weighted by Gasteiger charge is 2.12. The summed E-state index contributed by atoms with van der Waals surface area (Å²) >= 11 is 11.9. The SMILES string of the molecule is NC(=O)c1ccc(-c2nnn(CC(=O)Nc3cc(Cl)ccc3Cl)n2)cc1. The number of rotatable bonds is 5. The van der Waals surface area contributed by atoms with Gasteiger partial charge >= 0.3 is 0 Å². The number of anilines is 1. The van der Waals surface area contributed by atoms with Crippen LogP contribution in [0.25, 0.3) is 11.4 Å². The molecular weight excluding hydrogens is 379 g/mol. The molecule has 3 rings (SSSR count). The van der Waals surface area contributed by atoms with Crippen LogP contribution in [-0.2, 0) is 11.3 Å². The molecule has 10 heteroatoms. The van der Waals surface area contributed by atoms with Crippen LogP contribution in [-0.4, -0.2) is 32.0 Å². The minimum Gasteiger partial charge on any atom is -0.366 e. The Bertz CT molecular complexity index is 971. The molecule has 0 fully saturated rings. The quantitative estimate of drug-likeness (QED) is 0.693. The summed E-state index contributed by atoms with van der Waals surface area (Å²) in [4.78, 5) is 24.3. The molecule has 1 heterocycles. The van der Waals surface area contributed by atoms with E-state index >= 15 is 0 Å². The molecule has 2 aromatic carbocycles. The number of carbonyl (C=O) groups excluding carboxylic acids is 2. The predicted octanol–water partition coefficient (Wildman–Crippen LogP) is 2.38. The van der Waals surface area contributed by atoms with Gasteiger partial charge in [0, 0.05) is 16.1 Å². The van der Waals surface area contributed by atoms with Gasteiger partial charge in [-0.25, -0.2) is 0 Å². The van der Waals surface area contributed by atoms with Gasteiger partial charge in [-0.2, -0.15) is 4.80 Å². The molecule has 3 N–H and O–H groups in total. The van der Waals surface area contributed by atoms with Crippen LogP contribution in [0.5, 0.6) is 0 Å². The fourth-order valence-electron chi connectivity index (χ4n) is 2.12. The van der Waals surface area contributed by atoms with Crippen LogP contribution < -0.4 is 11.1 Å². The van der Waals surface area contributed by atoms with Crippen molar-refractivity contribution in [3.63, 3.8) is 0 Å². The first-order valence-corrected chi connectivity index (χ1v) is 8.11. The molecule has 0 saturated carbocycles. The van der Waals surface area contributed by atoms with Gasteiger partial charge in [-0.1, -0.05) is 35.3 Å². The van der Waals surface area contributed by atoms with E-state index in [0.717, 1.165) is 4.80 Å². The zero-order chi connectivity index (χ0) is 18.7. The Morgan fingerprint density at radius 2 is 1.85 bits per heavy atom. The Morgan fingerprint density at radius 1 is 1.12 bits per heavy atom. The van der Waals surface area contributed by atoms with Crippen LogP contribution in [0.1, 0.15) is 10.4 Å². The van der Waals surface area contributed by atoms with Gasteiger partial charge in [0.25, 0.3) is 0 Å². The number of hydrogen-bond acceptors (Lipinski definition) is 5. The molecular formula is C16H12Cl2N6O2. The van der Waals surface area contributed by atoms with Gasteiger partial charge in [-0.05, 0) is 35.5 Å². The highest BCUT2D eigenvalue weighted by atomic mass is 35.5. The predicted molar refractivity (Wildman–Crippen MR) is 96.9 cm³/mol. The van der Waals surface area contributed by atoms with Crippen molar-refractivity contribution < 1.29 is 9.59 Å². The van der Waals surface area contributed by atoms with Gasteiger partial charge in [-0.15, -0.1) is 10.2 Å². The van der Waals surface area contributed by atoms with Gasteiger partial charge in [0.2, 0.25) is 17.6 Å². The second-order valence-electron chi connectivity index (χ2n) is 5.26. The van der Waals surface area contributed by atoms with Crippen molar-refractivity contribution in [1.82, 2.24) is 20.2 Å². The van der Waals surface area contributed by atoms with E-state index < -0.39 is 5.91 Å². The number of hydrogen-bond donors (Lipinski definition) is 2. The van der Waals surface area contributed by atoms with Crippen molar-refractivity contribution in [1.29, 1.82) is 0 Å². The summed E-state index contributed by atoms with van der Waals surface area (Å²) in [6.45, 7) is -0.158. The minimum absolute atomic E-state index is 0.158. The van der Waals surface area contributed by atoms with E-state index in [2.05, 4.69) is 20.7 Å². The van der Waals surface area contributed by atoms with E-state index in [4.69, 9.17) is 28.9 Å². The Labute approximate surface area is 157 Å². The number of carbonyl (C=O) groups is 2. The zero-order valence-corrected chi connectivity index (χ0v) is 14.7. The molecule has 0 unspecified atom stereocenters. The summed E-state index contributed by atoms with van der Waals surface area (Å²) < 4.78 is 0. The van der Waals surface area contributed by atoms with Crippen LogP contribution in [0.15, 0.2) is 42.5 Å². The number of aromatic nitrogens is 4. The summed E-state index contributed by atoms with van der Waals surface area (Å²) in [5.74, 6) is -0.596. The average Bonchev–Trinajstić information content (AvgIpc) is 3.06. The maximum Gasteiger partial charge on any atom is 0.248 e. The molecule has 0 aliphatic heterocycles. The van der Waals surface area contributed by atoms with E-state index in [-0.39, 0.29) is 12.5 Å². The molecule has 26 heavy (non-hydrogen) atoms. The van der Waals surface area contributed by atoms with Gasteiger partial charge in [0.15, 0.2) is 0 Å². The van der Waals surface area contributed by atoms with Crippen molar-refractivity contribution >= 4 is 40.7 Å². The standard InChI is InChI=1S/C16H12Cl2N6O2/c17-11-5-6-12(18)13(7-11)20-14(25)8-24-22-16(21-23-24)10-3-1-9(2-4-10)15(19)26/h1-7H,8H2,(H2,19,26)(H,20,25). The number of primary amides is 1. The van der Waals surface area contributed by atoms with E-state index in [1.165, 1.54) is 0 Å². The third-order valence-electron chi connectivity index (χ3n) is 3.37. The minimum atomic E-state index is -0.524. The highest BCUT2D eigenvalue weighted by Crippen LogP contribution is 2.25. The van der Waals surface area contributed by atoms with E-state index in [1.807, 2.05) is 0 Å². The zero-order valence-electron chi connectivity index (χ0n) is 13.2. The highest BCUT2D eigenvalue weighted by molar-refractivity contribution is 6.35. The number of nitrogens with two attached hydrogens (primary N) is 1. The third-order valence-corrected chi connectivity index (χ3v) is 3.93. The molecule has 0 atom stereocenters. The topological polar surface area (TPSA) is 116 Å². The first-order valence-electron chi connectivity index (χ1n) is 7.35. The summed E-state index contributed by atoms with van der Waals surface area (Å²) in [6, 6.07) is 11.2. The Balaban J connectivity index is 1.69. The summed E-state index contributed by atoms with van der Waals surface area (Å²) in [5, 5.41) is 15.3. The molecule has 0 spiro atoms. The third kappa shape index (κ3) is 4.16. The molecule has 132 valence electrons. The van der Waals surface area contributed by atoms with E-state index in [1.54, 1.807) is 42.5 Å². The van der Waals surface area contributed by atoms with Crippen LogP contribution in [0.2, 0.25) is 10.0 Å². The van der Waals surface area contributed by atoms with Crippen LogP contribution in [0.4, 0.5) is 5.69 Å². The van der Waals surface area contributed by atoms with E-state index in [0.29, 0.717) is 32.7 Å². The first kappa shape index (κ1) is 17.8. The molecule has 0 aliphatic carbocycles. The van der Waals surface area contributed by atoms with Crippen molar-refractivity contribution in [3.05, 3.63) is 58.1 Å². The van der Waals surface area contributed by atoms with Crippen molar-refractivity contribution in [2.75, 3.05) is 5.32 Å². The molecule has 8 nitrogen and oxygen atoms in total. The number of nitrogens with zero attached hydrogens (tertiary/aromatic N) is 4. The second-order valence-corrected chi connectivity index (χ2v) is 6.10. The van der Waals surface area contributed by atoms with Crippen LogP contribution in [0.3, 0.4) is 0 Å². The lowest BCUT2D eigenvalue weighted by molar-refractivity contribution is -0.117. The van der Waals surface area contributed by atoms with Crippen molar-refractivity contribution in [2.45, 2.75) is 6.54 Å². The molecule has 2 amide bonds.